The van der Waals surface area contributed by atoms with Crippen molar-refractivity contribution in [3.63, 3.8) is 0 Å². The lowest BCUT2D eigenvalue weighted by atomic mass is 9.62. The van der Waals surface area contributed by atoms with Crippen LogP contribution in [0.1, 0.15) is 52.0 Å². The number of carboxylic acids is 1. The van der Waals surface area contributed by atoms with Gasteiger partial charge in [0.05, 0.1) is 13.5 Å². The van der Waals surface area contributed by atoms with E-state index in [0.717, 1.165) is 24.8 Å². The highest BCUT2D eigenvalue weighted by Crippen LogP contribution is 2.49. The summed E-state index contributed by atoms with van der Waals surface area (Å²) in [5, 5.41) is 12.0. The molecule has 0 bridgehead atoms. The van der Waals surface area contributed by atoms with E-state index in [1.54, 1.807) is 40.0 Å². The average molecular weight is 335 g/mol. The maximum Gasteiger partial charge on any atom is 0.412 e. The zero-order chi connectivity index (χ0) is 18.0. The number of carbonyl (C=O) groups excluding carboxylic acids is 1. The third-order valence-electron chi connectivity index (χ3n) is 4.23. The lowest BCUT2D eigenvalue weighted by Crippen LogP contribution is -2.38. The molecule has 1 aromatic carbocycles. The Hall–Kier alpha value is -2.24. The monoisotopic (exact) mass is 335 g/mol. The fraction of sp³-hybridized carbons (Fsp3) is 0.556. The van der Waals surface area contributed by atoms with Crippen LogP contribution in [-0.2, 0) is 14.9 Å². The van der Waals surface area contributed by atoms with Crippen LogP contribution in [-0.4, -0.2) is 29.9 Å². The molecule has 1 amide bonds. The highest BCUT2D eigenvalue weighted by Gasteiger charge is 2.42. The number of aliphatic carboxylic acids is 1. The van der Waals surface area contributed by atoms with E-state index in [0.29, 0.717) is 11.4 Å². The number of rotatable bonds is 5. The maximum atomic E-state index is 12.1. The van der Waals surface area contributed by atoms with E-state index in [1.807, 2.05) is 6.07 Å². The topological polar surface area (TPSA) is 84.9 Å². The predicted molar refractivity (Wildman–Crippen MR) is 90.6 cm³/mol. The van der Waals surface area contributed by atoms with Crippen LogP contribution >= 0.6 is 0 Å². The Balaban J connectivity index is 2.34. The SMILES string of the molecule is COc1ccc(NC(=O)OC(C)(C)C)c(C2(CC(=O)O)CCC2)c1. The van der Waals surface area contributed by atoms with E-state index >= 15 is 0 Å². The summed E-state index contributed by atoms with van der Waals surface area (Å²) in [7, 11) is 1.56. The largest absolute Gasteiger partial charge is 0.497 e. The summed E-state index contributed by atoms with van der Waals surface area (Å²) in [6, 6.07) is 5.29. The van der Waals surface area contributed by atoms with Crippen LogP contribution in [0.2, 0.25) is 0 Å². The van der Waals surface area contributed by atoms with Crippen molar-refractivity contribution in [2.75, 3.05) is 12.4 Å². The minimum absolute atomic E-state index is 0.0309. The van der Waals surface area contributed by atoms with Gasteiger partial charge >= 0.3 is 12.1 Å². The van der Waals surface area contributed by atoms with E-state index in [-0.39, 0.29) is 6.42 Å². The maximum absolute atomic E-state index is 12.1. The van der Waals surface area contributed by atoms with Gasteiger partial charge in [0.1, 0.15) is 11.4 Å². The second-order valence-electron chi connectivity index (χ2n) is 7.24. The molecule has 0 atom stereocenters. The van der Waals surface area contributed by atoms with Crippen LogP contribution < -0.4 is 10.1 Å². The summed E-state index contributed by atoms with van der Waals surface area (Å²) in [4.78, 5) is 23.4. The number of amides is 1. The first-order chi connectivity index (χ1) is 11.1. The molecule has 1 aliphatic rings. The smallest absolute Gasteiger partial charge is 0.412 e. The number of benzene rings is 1. The number of hydrogen-bond acceptors (Lipinski definition) is 4. The first kappa shape index (κ1) is 18.1. The van der Waals surface area contributed by atoms with Crippen LogP contribution in [0.5, 0.6) is 5.75 Å². The summed E-state index contributed by atoms with van der Waals surface area (Å²) < 4.78 is 10.6. The van der Waals surface area contributed by atoms with E-state index < -0.39 is 23.1 Å². The predicted octanol–water partition coefficient (Wildman–Crippen LogP) is 3.94. The minimum atomic E-state index is -0.847. The van der Waals surface area contributed by atoms with Crippen molar-refractivity contribution in [2.45, 2.75) is 57.5 Å². The zero-order valence-corrected chi connectivity index (χ0v) is 14.6. The van der Waals surface area contributed by atoms with Gasteiger partial charge in [-0.3, -0.25) is 10.1 Å². The van der Waals surface area contributed by atoms with E-state index in [1.165, 1.54) is 0 Å². The Morgan fingerprint density at radius 1 is 1.29 bits per heavy atom. The molecule has 6 heteroatoms. The molecule has 2 N–H and O–H groups in total. The number of hydrogen-bond donors (Lipinski definition) is 2. The molecular weight excluding hydrogens is 310 g/mol. The molecule has 0 radical (unpaired) electrons. The highest BCUT2D eigenvalue weighted by molar-refractivity contribution is 5.87. The van der Waals surface area contributed by atoms with Crippen molar-refractivity contribution in [1.29, 1.82) is 0 Å². The van der Waals surface area contributed by atoms with E-state index in [9.17, 15) is 14.7 Å². The Bertz CT molecular complexity index is 629. The minimum Gasteiger partial charge on any atom is -0.497 e. The van der Waals surface area contributed by atoms with Crippen molar-refractivity contribution in [3.8, 4) is 5.75 Å². The molecule has 6 nitrogen and oxygen atoms in total. The highest BCUT2D eigenvalue weighted by atomic mass is 16.6. The molecule has 2 rings (SSSR count). The normalized spacial score (nSPS) is 16.0. The molecule has 0 aliphatic heterocycles. The molecule has 132 valence electrons. The second kappa shape index (κ2) is 6.71. The van der Waals surface area contributed by atoms with Gasteiger partial charge in [-0.1, -0.05) is 6.42 Å². The number of ether oxygens (including phenoxy) is 2. The van der Waals surface area contributed by atoms with Crippen molar-refractivity contribution in [2.24, 2.45) is 0 Å². The summed E-state index contributed by atoms with van der Waals surface area (Å²) in [5.41, 5.74) is 0.295. The van der Waals surface area contributed by atoms with Crippen molar-refractivity contribution >= 4 is 17.7 Å². The lowest BCUT2D eigenvalue weighted by Gasteiger charge is -2.42. The summed E-state index contributed by atoms with van der Waals surface area (Å²) in [6.45, 7) is 5.37. The Morgan fingerprint density at radius 2 is 1.96 bits per heavy atom. The molecule has 0 aromatic heterocycles. The Labute approximate surface area is 142 Å². The zero-order valence-electron chi connectivity index (χ0n) is 14.6. The van der Waals surface area contributed by atoms with Crippen molar-refractivity contribution < 1.29 is 24.2 Å². The van der Waals surface area contributed by atoms with Gasteiger partial charge in [0.2, 0.25) is 0 Å². The number of anilines is 1. The van der Waals surface area contributed by atoms with Gasteiger partial charge in [-0.15, -0.1) is 0 Å². The van der Waals surface area contributed by atoms with Crippen LogP contribution in [0, 0.1) is 0 Å². The Morgan fingerprint density at radius 3 is 2.42 bits per heavy atom. The van der Waals surface area contributed by atoms with E-state index in [4.69, 9.17) is 9.47 Å². The number of carboxylic acid groups (broad SMARTS) is 1. The molecule has 0 saturated heterocycles. The Kier molecular flexibility index (Phi) is 5.06. The quantitative estimate of drug-likeness (QED) is 0.851. The van der Waals surface area contributed by atoms with E-state index in [2.05, 4.69) is 5.32 Å². The van der Waals surface area contributed by atoms with Gasteiger partial charge in [0.25, 0.3) is 0 Å². The molecule has 1 aromatic rings. The molecule has 0 heterocycles. The number of methoxy groups -OCH3 is 1. The lowest BCUT2D eigenvalue weighted by molar-refractivity contribution is -0.139. The molecule has 0 spiro atoms. The standard InChI is InChI=1S/C18H25NO5/c1-17(2,3)24-16(22)19-14-7-6-12(23-4)10-13(14)18(8-5-9-18)11-15(20)21/h6-7,10H,5,8-9,11H2,1-4H3,(H,19,22)(H,20,21). The van der Waals surface area contributed by atoms with Crippen LogP contribution in [0.3, 0.4) is 0 Å². The van der Waals surface area contributed by atoms with Crippen LogP contribution in [0.25, 0.3) is 0 Å². The van der Waals surface area contributed by atoms with Crippen molar-refractivity contribution in [1.82, 2.24) is 0 Å². The summed E-state index contributed by atoms with van der Waals surface area (Å²) in [5.74, 6) is -0.211. The molecule has 1 fully saturated rings. The molecule has 1 saturated carbocycles. The fourth-order valence-corrected chi connectivity index (χ4v) is 3.05. The third kappa shape index (κ3) is 4.19. The van der Waals surface area contributed by atoms with Gasteiger partial charge in [0, 0.05) is 11.1 Å². The number of nitrogens with one attached hydrogen (secondary N) is 1. The summed E-state index contributed by atoms with van der Waals surface area (Å²) in [6.07, 6.45) is 1.99. The van der Waals surface area contributed by atoms with Gasteiger partial charge in [-0.2, -0.15) is 0 Å². The summed E-state index contributed by atoms with van der Waals surface area (Å²) >= 11 is 0. The molecular formula is C18H25NO5. The molecule has 0 unspecified atom stereocenters. The van der Waals surface area contributed by atoms with Gasteiger partial charge in [0.15, 0.2) is 0 Å². The van der Waals surface area contributed by atoms with Crippen LogP contribution in [0.15, 0.2) is 18.2 Å². The second-order valence-corrected chi connectivity index (χ2v) is 7.24. The van der Waals surface area contributed by atoms with Gasteiger partial charge < -0.3 is 14.6 Å². The first-order valence-corrected chi connectivity index (χ1v) is 8.05. The number of carbonyl (C=O) groups is 2. The van der Waals surface area contributed by atoms with Gasteiger partial charge in [-0.25, -0.2) is 4.79 Å². The fourth-order valence-electron chi connectivity index (χ4n) is 3.05. The van der Waals surface area contributed by atoms with Gasteiger partial charge in [-0.05, 0) is 57.4 Å². The third-order valence-corrected chi connectivity index (χ3v) is 4.23. The first-order valence-electron chi connectivity index (χ1n) is 8.05. The molecule has 1 aliphatic carbocycles. The van der Waals surface area contributed by atoms with Crippen LogP contribution in [0.4, 0.5) is 10.5 Å². The average Bonchev–Trinajstić information content (AvgIpc) is 2.41. The molecule has 24 heavy (non-hydrogen) atoms. The van der Waals surface area contributed by atoms with Crippen molar-refractivity contribution in [3.05, 3.63) is 23.8 Å².